The molecule has 0 bridgehead atoms. The summed E-state index contributed by atoms with van der Waals surface area (Å²) in [4.78, 5) is 19.5. The monoisotopic (exact) mass is 459 g/mol. The molecule has 5 rings (SSSR count). The molecule has 168 valence electrons. The molecule has 1 aliphatic heterocycles. The second kappa shape index (κ2) is 9.77. The van der Waals surface area contributed by atoms with Crippen LogP contribution >= 0.6 is 11.6 Å². The van der Waals surface area contributed by atoms with Gasteiger partial charge in [-0.1, -0.05) is 66.2 Å². The van der Waals surface area contributed by atoms with E-state index in [2.05, 4.69) is 64.3 Å². The Morgan fingerprint density at radius 3 is 2.52 bits per heavy atom. The van der Waals surface area contributed by atoms with Crippen molar-refractivity contribution in [3.8, 4) is 0 Å². The molecule has 1 aliphatic rings. The van der Waals surface area contributed by atoms with Crippen LogP contribution in [0.25, 0.3) is 10.9 Å². The third-order valence-electron chi connectivity index (χ3n) is 6.29. The average molecular weight is 460 g/mol. The minimum atomic E-state index is -0.118. The molecule has 6 heteroatoms. The lowest BCUT2D eigenvalue weighted by Gasteiger charge is -2.28. The van der Waals surface area contributed by atoms with E-state index >= 15 is 0 Å². The lowest BCUT2D eigenvalue weighted by molar-refractivity contribution is -0.135. The second-order valence-electron chi connectivity index (χ2n) is 8.38. The van der Waals surface area contributed by atoms with Gasteiger partial charge in [0, 0.05) is 55.3 Å². The molecule has 33 heavy (non-hydrogen) atoms. The van der Waals surface area contributed by atoms with Crippen molar-refractivity contribution in [1.82, 2.24) is 14.5 Å². The molecule has 0 spiro atoms. The summed E-state index contributed by atoms with van der Waals surface area (Å²) < 4.78 is 7.71. The van der Waals surface area contributed by atoms with Gasteiger partial charge < -0.3 is 14.2 Å². The van der Waals surface area contributed by atoms with Crippen molar-refractivity contribution in [3.05, 3.63) is 101 Å². The van der Waals surface area contributed by atoms with Gasteiger partial charge in [-0.15, -0.1) is 0 Å². The highest BCUT2D eigenvalue weighted by Crippen LogP contribution is 2.35. The van der Waals surface area contributed by atoms with Crippen molar-refractivity contribution in [3.63, 3.8) is 0 Å². The second-order valence-corrected chi connectivity index (χ2v) is 8.77. The van der Waals surface area contributed by atoms with E-state index < -0.39 is 0 Å². The summed E-state index contributed by atoms with van der Waals surface area (Å²) in [5.74, 6) is 0.0187. The van der Waals surface area contributed by atoms with Crippen LogP contribution in [0.3, 0.4) is 0 Å². The molecule has 3 heterocycles. The van der Waals surface area contributed by atoms with Gasteiger partial charge in [0.15, 0.2) is 0 Å². The number of para-hydroxylation sites is 1. The minimum Gasteiger partial charge on any atom is -0.378 e. The number of carbonyl (C=O) groups excluding carboxylic acids is 1. The van der Waals surface area contributed by atoms with Crippen LogP contribution in [0.4, 0.5) is 0 Å². The number of fused-ring (bicyclic) bond motifs is 1. The van der Waals surface area contributed by atoms with Crippen LogP contribution in [0.2, 0.25) is 5.15 Å². The van der Waals surface area contributed by atoms with Crippen LogP contribution in [-0.2, 0) is 16.1 Å². The van der Waals surface area contributed by atoms with Gasteiger partial charge in [0.1, 0.15) is 5.15 Å². The topological polar surface area (TPSA) is 47.4 Å². The van der Waals surface area contributed by atoms with E-state index in [0.29, 0.717) is 37.9 Å². The highest BCUT2D eigenvalue weighted by Gasteiger charge is 2.26. The van der Waals surface area contributed by atoms with Gasteiger partial charge in [0.05, 0.1) is 13.2 Å². The van der Waals surface area contributed by atoms with Crippen LogP contribution in [0.1, 0.15) is 29.0 Å². The summed E-state index contributed by atoms with van der Waals surface area (Å²) in [6.45, 7) is 3.23. The molecule has 4 aromatic rings. The summed E-state index contributed by atoms with van der Waals surface area (Å²) >= 11 is 6.08. The van der Waals surface area contributed by atoms with E-state index in [0.717, 1.165) is 28.6 Å². The first kappa shape index (κ1) is 21.7. The number of aromatic nitrogens is 2. The van der Waals surface area contributed by atoms with Gasteiger partial charge >= 0.3 is 0 Å². The molecule has 1 fully saturated rings. The number of carbonyl (C=O) groups is 1. The first-order valence-corrected chi connectivity index (χ1v) is 11.7. The predicted molar refractivity (Wildman–Crippen MR) is 131 cm³/mol. The van der Waals surface area contributed by atoms with E-state index in [4.69, 9.17) is 16.3 Å². The molecule has 0 saturated carbocycles. The summed E-state index contributed by atoms with van der Waals surface area (Å²) in [6, 6.07) is 22.6. The quantitative estimate of drug-likeness (QED) is 0.376. The molecule has 0 N–H and O–H groups in total. The first-order valence-electron chi connectivity index (χ1n) is 11.3. The van der Waals surface area contributed by atoms with Gasteiger partial charge in [0.2, 0.25) is 5.91 Å². The van der Waals surface area contributed by atoms with Crippen molar-refractivity contribution < 1.29 is 9.53 Å². The van der Waals surface area contributed by atoms with Crippen LogP contribution < -0.4 is 0 Å². The van der Waals surface area contributed by atoms with Crippen LogP contribution in [-0.4, -0.2) is 46.7 Å². The zero-order valence-electron chi connectivity index (χ0n) is 18.4. The number of morpholine rings is 1. The Hall–Kier alpha value is -3.15. The lowest BCUT2D eigenvalue weighted by atomic mass is 9.88. The number of ether oxygens (including phenoxy) is 1. The normalized spacial score (nSPS) is 15.0. The van der Waals surface area contributed by atoms with Crippen molar-refractivity contribution in [2.75, 3.05) is 26.3 Å². The highest BCUT2D eigenvalue weighted by atomic mass is 35.5. The molecule has 1 atom stereocenters. The molecular weight excluding hydrogens is 434 g/mol. The summed E-state index contributed by atoms with van der Waals surface area (Å²) in [5, 5.41) is 1.60. The van der Waals surface area contributed by atoms with Crippen LogP contribution in [0, 0.1) is 0 Å². The van der Waals surface area contributed by atoms with Gasteiger partial charge in [-0.05, 0) is 28.8 Å². The van der Waals surface area contributed by atoms with Crippen LogP contribution in [0.5, 0.6) is 0 Å². The number of hydrogen-bond donors (Lipinski definition) is 0. The maximum atomic E-state index is 13.3. The van der Waals surface area contributed by atoms with E-state index in [-0.39, 0.29) is 11.8 Å². The summed E-state index contributed by atoms with van der Waals surface area (Å²) in [7, 11) is 0. The molecule has 0 radical (unpaired) electrons. The predicted octanol–water partition coefficient (Wildman–Crippen LogP) is 5.12. The standard InChI is InChI=1S/C27H26ClN3O2/c28-26-11-10-21(17-29-26)23(16-27(32)30-12-14-33-15-13-30)24-19-31(18-20-6-2-1-3-7-20)25-9-5-4-8-22(24)25/h1-11,17,19,23H,12-16,18H2/t23-/m0/s1. The SMILES string of the molecule is O=C(C[C@@H](c1ccc(Cl)nc1)c1cn(Cc2ccccc2)c2ccccc12)N1CCOCC1. The van der Waals surface area contributed by atoms with Gasteiger partial charge in [-0.3, -0.25) is 4.79 Å². The molecule has 2 aromatic carbocycles. The van der Waals surface area contributed by atoms with E-state index in [1.807, 2.05) is 17.0 Å². The fourth-order valence-corrected chi connectivity index (χ4v) is 4.69. The van der Waals surface area contributed by atoms with Crippen molar-refractivity contribution in [1.29, 1.82) is 0 Å². The molecule has 1 amide bonds. The van der Waals surface area contributed by atoms with Gasteiger partial charge in [0.25, 0.3) is 0 Å². The fraction of sp³-hybridized carbons (Fsp3) is 0.259. The minimum absolute atomic E-state index is 0.118. The Labute approximate surface area is 198 Å². The van der Waals surface area contributed by atoms with Crippen LogP contribution in [0.15, 0.2) is 79.1 Å². The highest BCUT2D eigenvalue weighted by molar-refractivity contribution is 6.29. The number of pyridine rings is 1. The zero-order chi connectivity index (χ0) is 22.6. The number of benzene rings is 2. The fourth-order valence-electron chi connectivity index (χ4n) is 4.58. The first-order chi connectivity index (χ1) is 16.2. The molecule has 2 aromatic heterocycles. The largest absolute Gasteiger partial charge is 0.378 e. The summed E-state index contributed by atoms with van der Waals surface area (Å²) in [5.41, 5.74) is 4.51. The van der Waals surface area contributed by atoms with Crippen molar-refractivity contribution >= 4 is 28.4 Å². The Morgan fingerprint density at radius 1 is 1.00 bits per heavy atom. The van der Waals surface area contributed by atoms with E-state index in [1.165, 1.54) is 5.56 Å². The van der Waals surface area contributed by atoms with Crippen molar-refractivity contribution in [2.45, 2.75) is 18.9 Å². The Kier molecular flexibility index (Phi) is 6.42. The molecule has 0 unspecified atom stereocenters. The smallest absolute Gasteiger partial charge is 0.223 e. The van der Waals surface area contributed by atoms with Gasteiger partial charge in [-0.25, -0.2) is 4.98 Å². The third-order valence-corrected chi connectivity index (χ3v) is 6.51. The number of nitrogens with zero attached hydrogens (tertiary/aromatic N) is 3. The Bertz CT molecular complexity index is 1230. The Morgan fingerprint density at radius 2 is 1.76 bits per heavy atom. The zero-order valence-corrected chi connectivity index (χ0v) is 19.1. The third kappa shape index (κ3) is 4.80. The van der Waals surface area contributed by atoms with E-state index in [1.54, 1.807) is 12.3 Å². The molecule has 5 nitrogen and oxygen atoms in total. The van der Waals surface area contributed by atoms with Crippen molar-refractivity contribution in [2.24, 2.45) is 0 Å². The average Bonchev–Trinajstić information content (AvgIpc) is 3.22. The lowest BCUT2D eigenvalue weighted by Crippen LogP contribution is -2.41. The van der Waals surface area contributed by atoms with E-state index in [9.17, 15) is 4.79 Å². The Balaban J connectivity index is 1.56. The number of hydrogen-bond acceptors (Lipinski definition) is 3. The maximum Gasteiger partial charge on any atom is 0.223 e. The number of amides is 1. The number of halogens is 1. The number of rotatable bonds is 6. The molecular formula is C27H26ClN3O2. The maximum absolute atomic E-state index is 13.3. The molecule has 1 saturated heterocycles. The van der Waals surface area contributed by atoms with Gasteiger partial charge in [-0.2, -0.15) is 0 Å². The summed E-state index contributed by atoms with van der Waals surface area (Å²) in [6.07, 6.45) is 4.37. The molecule has 0 aliphatic carbocycles.